The van der Waals surface area contributed by atoms with Gasteiger partial charge in [-0.3, -0.25) is 4.90 Å². The van der Waals surface area contributed by atoms with Gasteiger partial charge in [0.1, 0.15) is 0 Å². The topological polar surface area (TPSA) is 23.5 Å². The molecule has 1 N–H and O–H groups in total. The summed E-state index contributed by atoms with van der Waals surface area (Å²) in [5.41, 5.74) is 1.29. The zero-order chi connectivity index (χ0) is 9.84. The second kappa shape index (κ2) is 5.10. The number of likely N-dealkylation sites (N-methyl/N-ethyl adjacent to an activating group) is 1. The van der Waals surface area contributed by atoms with Gasteiger partial charge in [-0.15, -0.1) is 11.3 Å². The molecule has 0 radical (unpaired) electrons. The SMILES string of the molecule is CC(CO)N(C)Cc1csc(Br)c1. The highest BCUT2D eigenvalue weighted by molar-refractivity contribution is 9.11. The van der Waals surface area contributed by atoms with Crippen LogP contribution < -0.4 is 0 Å². The van der Waals surface area contributed by atoms with Crippen LogP contribution in [0.15, 0.2) is 15.2 Å². The van der Waals surface area contributed by atoms with Crippen LogP contribution in [-0.2, 0) is 6.54 Å². The molecule has 1 unspecified atom stereocenters. The average Bonchev–Trinajstić information content (AvgIpc) is 2.49. The van der Waals surface area contributed by atoms with Crippen LogP contribution in [0.5, 0.6) is 0 Å². The van der Waals surface area contributed by atoms with E-state index >= 15 is 0 Å². The molecule has 0 aliphatic carbocycles. The second-order valence-electron chi connectivity index (χ2n) is 3.21. The molecule has 0 bridgehead atoms. The lowest BCUT2D eigenvalue weighted by Crippen LogP contribution is -2.31. The first-order valence-corrected chi connectivity index (χ1v) is 5.84. The van der Waals surface area contributed by atoms with Crippen molar-refractivity contribution in [1.29, 1.82) is 0 Å². The van der Waals surface area contributed by atoms with E-state index in [0.29, 0.717) is 0 Å². The zero-order valence-electron chi connectivity index (χ0n) is 7.83. The summed E-state index contributed by atoms with van der Waals surface area (Å²) in [6, 6.07) is 2.34. The standard InChI is InChI=1S/C9H14BrNOS/c1-7(5-12)11(2)4-8-3-9(10)13-6-8/h3,6-7,12H,4-5H2,1-2H3. The van der Waals surface area contributed by atoms with Crippen molar-refractivity contribution in [2.24, 2.45) is 0 Å². The molecule has 0 spiro atoms. The van der Waals surface area contributed by atoms with Crippen LogP contribution in [0.4, 0.5) is 0 Å². The summed E-state index contributed by atoms with van der Waals surface area (Å²) in [7, 11) is 2.02. The van der Waals surface area contributed by atoms with Crippen LogP contribution in [0.3, 0.4) is 0 Å². The Kier molecular flexibility index (Phi) is 4.38. The Hall–Kier alpha value is 0.100. The van der Waals surface area contributed by atoms with E-state index < -0.39 is 0 Å². The lowest BCUT2D eigenvalue weighted by molar-refractivity contribution is 0.154. The third kappa shape index (κ3) is 3.38. The van der Waals surface area contributed by atoms with Crippen LogP contribution in [0.1, 0.15) is 12.5 Å². The van der Waals surface area contributed by atoms with Gasteiger partial charge < -0.3 is 5.11 Å². The van der Waals surface area contributed by atoms with E-state index in [1.165, 1.54) is 5.56 Å². The van der Waals surface area contributed by atoms with Crippen LogP contribution in [0, 0.1) is 0 Å². The molecule has 0 amide bonds. The summed E-state index contributed by atoms with van der Waals surface area (Å²) in [5, 5.41) is 11.1. The van der Waals surface area contributed by atoms with Gasteiger partial charge in [-0.1, -0.05) is 0 Å². The van der Waals surface area contributed by atoms with Crippen LogP contribution in [-0.4, -0.2) is 29.7 Å². The predicted molar refractivity (Wildman–Crippen MR) is 60.0 cm³/mol. The smallest absolute Gasteiger partial charge is 0.0701 e. The molecule has 4 heteroatoms. The molecule has 2 nitrogen and oxygen atoms in total. The Morgan fingerprint density at radius 2 is 2.38 bits per heavy atom. The van der Waals surface area contributed by atoms with E-state index in [4.69, 9.17) is 5.11 Å². The Morgan fingerprint density at radius 1 is 1.69 bits per heavy atom. The van der Waals surface area contributed by atoms with E-state index in [0.717, 1.165) is 10.3 Å². The van der Waals surface area contributed by atoms with Gasteiger partial charge in [-0.2, -0.15) is 0 Å². The minimum absolute atomic E-state index is 0.210. The van der Waals surface area contributed by atoms with Gasteiger partial charge in [-0.25, -0.2) is 0 Å². The maximum Gasteiger partial charge on any atom is 0.0701 e. The van der Waals surface area contributed by atoms with Gasteiger partial charge in [0.05, 0.1) is 10.4 Å². The highest BCUT2D eigenvalue weighted by Gasteiger charge is 2.08. The second-order valence-corrected chi connectivity index (χ2v) is 5.50. The number of aliphatic hydroxyl groups excluding tert-OH is 1. The van der Waals surface area contributed by atoms with E-state index in [1.54, 1.807) is 11.3 Å². The molecule has 1 aromatic heterocycles. The molecular formula is C9H14BrNOS. The summed E-state index contributed by atoms with van der Waals surface area (Å²) in [6.07, 6.45) is 0. The largest absolute Gasteiger partial charge is 0.395 e. The molecule has 74 valence electrons. The maximum absolute atomic E-state index is 8.94. The third-order valence-electron chi connectivity index (χ3n) is 2.07. The summed E-state index contributed by atoms with van der Waals surface area (Å²) in [6.45, 7) is 3.12. The number of hydrogen-bond donors (Lipinski definition) is 1. The van der Waals surface area contributed by atoms with Gasteiger partial charge in [0.25, 0.3) is 0 Å². The molecule has 0 aliphatic heterocycles. The zero-order valence-corrected chi connectivity index (χ0v) is 10.2. The fourth-order valence-corrected chi connectivity index (χ4v) is 2.21. The summed E-state index contributed by atoms with van der Waals surface area (Å²) >= 11 is 5.12. The first-order valence-electron chi connectivity index (χ1n) is 4.17. The molecule has 0 saturated heterocycles. The van der Waals surface area contributed by atoms with Gasteiger partial charge in [0.15, 0.2) is 0 Å². The lowest BCUT2D eigenvalue weighted by atomic mass is 10.2. The average molecular weight is 264 g/mol. The van der Waals surface area contributed by atoms with Crippen molar-refractivity contribution in [3.63, 3.8) is 0 Å². The monoisotopic (exact) mass is 263 g/mol. The van der Waals surface area contributed by atoms with Gasteiger partial charge in [0.2, 0.25) is 0 Å². The van der Waals surface area contributed by atoms with Crippen molar-refractivity contribution < 1.29 is 5.11 Å². The summed E-state index contributed by atoms with van der Waals surface area (Å²) in [5.74, 6) is 0. The van der Waals surface area contributed by atoms with Gasteiger partial charge in [0, 0.05) is 12.6 Å². The number of nitrogens with zero attached hydrogens (tertiary/aromatic N) is 1. The molecule has 0 aliphatic rings. The fourth-order valence-electron chi connectivity index (χ4n) is 1.01. The molecule has 13 heavy (non-hydrogen) atoms. The van der Waals surface area contributed by atoms with E-state index in [9.17, 15) is 0 Å². The van der Waals surface area contributed by atoms with Crippen molar-refractivity contribution in [2.75, 3.05) is 13.7 Å². The summed E-state index contributed by atoms with van der Waals surface area (Å²) < 4.78 is 1.16. The molecule has 1 aromatic rings. The first kappa shape index (κ1) is 11.2. The molecule has 0 fully saturated rings. The molecular weight excluding hydrogens is 250 g/mol. The molecule has 0 saturated carbocycles. The Labute approximate surface area is 91.3 Å². The number of aliphatic hydroxyl groups is 1. The van der Waals surface area contributed by atoms with Crippen molar-refractivity contribution in [1.82, 2.24) is 4.90 Å². The predicted octanol–water partition coefficient (Wildman–Crippen LogP) is 2.32. The molecule has 0 aromatic carbocycles. The van der Waals surface area contributed by atoms with Crippen molar-refractivity contribution in [3.8, 4) is 0 Å². The van der Waals surface area contributed by atoms with Crippen LogP contribution in [0.2, 0.25) is 0 Å². The van der Waals surface area contributed by atoms with E-state index in [1.807, 2.05) is 14.0 Å². The Bertz CT molecular complexity index is 264. The molecule has 1 rings (SSSR count). The van der Waals surface area contributed by atoms with E-state index in [2.05, 4.69) is 32.3 Å². The highest BCUT2D eigenvalue weighted by Crippen LogP contribution is 2.21. The fraction of sp³-hybridized carbons (Fsp3) is 0.556. The van der Waals surface area contributed by atoms with Gasteiger partial charge >= 0.3 is 0 Å². The minimum atomic E-state index is 0.210. The van der Waals surface area contributed by atoms with Gasteiger partial charge in [-0.05, 0) is 46.9 Å². The minimum Gasteiger partial charge on any atom is -0.395 e. The van der Waals surface area contributed by atoms with Crippen molar-refractivity contribution >= 4 is 27.3 Å². The normalized spacial score (nSPS) is 13.6. The van der Waals surface area contributed by atoms with Crippen molar-refractivity contribution in [3.05, 3.63) is 20.8 Å². The number of thiophene rings is 1. The van der Waals surface area contributed by atoms with Crippen LogP contribution in [0.25, 0.3) is 0 Å². The van der Waals surface area contributed by atoms with E-state index in [-0.39, 0.29) is 12.6 Å². The number of rotatable bonds is 4. The highest BCUT2D eigenvalue weighted by atomic mass is 79.9. The number of halogens is 1. The molecule has 1 atom stereocenters. The molecule has 1 heterocycles. The number of hydrogen-bond acceptors (Lipinski definition) is 3. The lowest BCUT2D eigenvalue weighted by Gasteiger charge is -2.21. The Morgan fingerprint density at radius 3 is 2.85 bits per heavy atom. The summed E-state index contributed by atoms with van der Waals surface area (Å²) in [4.78, 5) is 2.13. The maximum atomic E-state index is 8.94. The Balaban J connectivity index is 2.49. The first-order chi connectivity index (χ1) is 6.13. The van der Waals surface area contributed by atoms with Crippen LogP contribution >= 0.6 is 27.3 Å². The van der Waals surface area contributed by atoms with Crippen molar-refractivity contribution in [2.45, 2.75) is 19.5 Å². The quantitative estimate of drug-likeness (QED) is 0.902. The third-order valence-corrected chi connectivity index (χ3v) is 3.62.